The van der Waals surface area contributed by atoms with Crippen LogP contribution in [0.5, 0.6) is 0 Å². The Hall–Kier alpha value is -1.05. The van der Waals surface area contributed by atoms with Crippen molar-refractivity contribution < 1.29 is 0 Å². The Bertz CT molecular complexity index is 191. The van der Waals surface area contributed by atoms with Gasteiger partial charge in [0.2, 0.25) is 0 Å². The maximum absolute atomic E-state index is 4.06. The lowest BCUT2D eigenvalue weighted by Gasteiger charge is -2.12. The Balaban J connectivity index is 2.25. The van der Waals surface area contributed by atoms with Gasteiger partial charge in [0.25, 0.3) is 0 Å². The van der Waals surface area contributed by atoms with Crippen molar-refractivity contribution in [2.24, 2.45) is 4.99 Å². The van der Waals surface area contributed by atoms with E-state index in [1.54, 1.807) is 0 Å². The van der Waals surface area contributed by atoms with Gasteiger partial charge in [0, 0.05) is 0 Å². The fourth-order valence-corrected chi connectivity index (χ4v) is 1.04. The van der Waals surface area contributed by atoms with Gasteiger partial charge in [0.05, 0.1) is 12.1 Å². The van der Waals surface area contributed by atoms with E-state index in [0.29, 0.717) is 12.1 Å². The lowest BCUT2D eigenvalue weighted by atomic mass is 10.1. The molecule has 45 valence electrons. The number of aliphatic imine (C=N–C) groups is 1. The van der Waals surface area contributed by atoms with Gasteiger partial charge in [-0.15, -0.1) is 0 Å². The summed E-state index contributed by atoms with van der Waals surface area (Å²) >= 11 is 0. The fourth-order valence-electron chi connectivity index (χ4n) is 1.04. The van der Waals surface area contributed by atoms with Crippen molar-refractivity contribution >= 4 is 6.34 Å². The molecule has 2 rings (SSSR count). The van der Waals surface area contributed by atoms with Gasteiger partial charge < -0.3 is 5.32 Å². The van der Waals surface area contributed by atoms with Crippen molar-refractivity contribution in [3.8, 4) is 0 Å². The summed E-state index contributed by atoms with van der Waals surface area (Å²) < 4.78 is 0. The Morgan fingerprint density at radius 1 is 1.33 bits per heavy atom. The predicted octanol–water partition coefficient (Wildman–Crippen LogP) is 0.358. The van der Waals surface area contributed by atoms with E-state index in [1.807, 2.05) is 12.2 Å². The van der Waals surface area contributed by atoms with Crippen LogP contribution < -0.4 is 5.32 Å². The third kappa shape index (κ3) is 0.669. The zero-order valence-corrected chi connectivity index (χ0v) is 4.91. The molecule has 0 aromatic heterocycles. The van der Waals surface area contributed by atoms with Gasteiger partial charge >= 0.3 is 0 Å². The second kappa shape index (κ2) is 1.72. The van der Waals surface area contributed by atoms with E-state index >= 15 is 0 Å². The molecule has 0 amide bonds. The van der Waals surface area contributed by atoms with E-state index < -0.39 is 0 Å². The van der Waals surface area contributed by atoms with Crippen LogP contribution in [0.15, 0.2) is 29.3 Å². The number of rotatable bonds is 0. The van der Waals surface area contributed by atoms with Crippen molar-refractivity contribution in [3.05, 3.63) is 24.3 Å². The van der Waals surface area contributed by atoms with Crippen molar-refractivity contribution in [1.82, 2.24) is 5.32 Å². The molecule has 2 nitrogen and oxygen atoms in total. The zero-order valence-electron chi connectivity index (χ0n) is 4.91. The lowest BCUT2D eigenvalue weighted by molar-refractivity contribution is 0.696. The first-order valence-corrected chi connectivity index (χ1v) is 3.02. The fraction of sp³-hybridized carbons (Fsp3) is 0.286. The molecule has 1 heterocycles. The molecule has 0 aromatic rings. The van der Waals surface area contributed by atoms with E-state index in [-0.39, 0.29) is 0 Å². The molecule has 2 unspecified atom stereocenters. The third-order valence-corrected chi connectivity index (χ3v) is 1.55. The number of fused-ring (bicyclic) bond motifs is 1. The van der Waals surface area contributed by atoms with Crippen LogP contribution in [-0.4, -0.2) is 18.4 Å². The number of hydrogen-bond acceptors (Lipinski definition) is 2. The summed E-state index contributed by atoms with van der Waals surface area (Å²) in [6, 6.07) is 0.671. The van der Waals surface area contributed by atoms with Crippen LogP contribution in [0.1, 0.15) is 0 Å². The first kappa shape index (κ1) is 4.79. The van der Waals surface area contributed by atoms with Gasteiger partial charge in [-0.2, -0.15) is 0 Å². The summed E-state index contributed by atoms with van der Waals surface area (Å²) in [5, 5.41) is 3.00. The highest BCUT2D eigenvalue weighted by molar-refractivity contribution is 5.60. The normalized spacial score (nSPS) is 36.4. The molecule has 1 aliphatic heterocycles. The first-order chi connectivity index (χ1) is 4.47. The van der Waals surface area contributed by atoms with Gasteiger partial charge in [-0.1, -0.05) is 24.3 Å². The summed E-state index contributed by atoms with van der Waals surface area (Å²) in [7, 11) is 0. The van der Waals surface area contributed by atoms with Crippen molar-refractivity contribution in [2.75, 3.05) is 0 Å². The summed E-state index contributed by atoms with van der Waals surface area (Å²) in [6.07, 6.45) is 10.9. The number of nitrogens with zero attached hydrogens (tertiary/aromatic N) is 1. The summed E-state index contributed by atoms with van der Waals surface area (Å²) in [5.41, 5.74) is 0. The van der Waals surface area contributed by atoms with Crippen molar-refractivity contribution in [2.45, 2.75) is 12.1 Å². The van der Waals surface area contributed by atoms with Gasteiger partial charge in [-0.3, -0.25) is 4.99 Å². The van der Waals surface area contributed by atoms with E-state index in [2.05, 4.69) is 28.8 Å². The molecule has 0 fully saturated rings. The minimum Gasteiger partial charge on any atom is -0.359 e. The van der Waals surface area contributed by atoms with Gasteiger partial charge in [-0.25, -0.2) is 0 Å². The first-order valence-electron chi connectivity index (χ1n) is 3.02. The Kier molecular flexibility index (Phi) is 0.918. The van der Waals surface area contributed by atoms with Crippen LogP contribution in [0.2, 0.25) is 0 Å². The topological polar surface area (TPSA) is 24.4 Å². The molecule has 2 atom stereocenters. The van der Waals surface area contributed by atoms with Crippen molar-refractivity contribution in [3.63, 3.8) is 0 Å². The van der Waals surface area contributed by atoms with Crippen LogP contribution in [-0.2, 0) is 0 Å². The minimum atomic E-state index is 0.301. The second-order valence-electron chi connectivity index (χ2n) is 2.17. The van der Waals surface area contributed by atoms with Crippen LogP contribution in [0, 0.1) is 0 Å². The van der Waals surface area contributed by atoms with Crippen LogP contribution >= 0.6 is 0 Å². The molecule has 2 heteroatoms. The Morgan fingerprint density at radius 2 is 2.22 bits per heavy atom. The highest BCUT2D eigenvalue weighted by Gasteiger charge is 2.19. The lowest BCUT2D eigenvalue weighted by Crippen LogP contribution is -2.29. The molecule has 1 aliphatic carbocycles. The smallest absolute Gasteiger partial charge is 0.165 e. The number of hydrogen-bond donors (Lipinski definition) is 1. The molecule has 2 aliphatic rings. The second-order valence-corrected chi connectivity index (χ2v) is 2.17. The molecule has 1 N–H and O–H groups in total. The van der Waals surface area contributed by atoms with Gasteiger partial charge in [0.1, 0.15) is 0 Å². The van der Waals surface area contributed by atoms with Crippen LogP contribution in [0.25, 0.3) is 0 Å². The quantitative estimate of drug-likeness (QED) is 0.489. The predicted molar refractivity (Wildman–Crippen MR) is 36.4 cm³/mol. The summed E-state index contributed by atoms with van der Waals surface area (Å²) in [4.78, 5) is 4.06. The SMILES string of the molecule is [C]1=NC2C=CC=CC2N1. The van der Waals surface area contributed by atoms with E-state index in [9.17, 15) is 0 Å². The minimum absolute atomic E-state index is 0.301. The summed E-state index contributed by atoms with van der Waals surface area (Å²) in [5.74, 6) is 0. The Morgan fingerprint density at radius 3 is 3.11 bits per heavy atom. The zero-order chi connectivity index (χ0) is 6.10. The average Bonchev–Trinajstić information content (AvgIpc) is 2.33. The third-order valence-electron chi connectivity index (χ3n) is 1.55. The molecule has 0 aromatic carbocycles. The molecular weight excluding hydrogens is 112 g/mol. The van der Waals surface area contributed by atoms with Crippen LogP contribution in [0.3, 0.4) is 0 Å². The average molecular weight is 119 g/mol. The molecule has 0 saturated carbocycles. The summed E-state index contributed by atoms with van der Waals surface area (Å²) in [6.45, 7) is 0. The standard InChI is InChI=1S/C7H7N2/c1-2-4-7-6(3-1)8-5-9-7/h1-4,6-7H,(H,8,9). The molecule has 9 heavy (non-hydrogen) atoms. The van der Waals surface area contributed by atoms with Gasteiger partial charge in [0.15, 0.2) is 6.34 Å². The van der Waals surface area contributed by atoms with E-state index in [4.69, 9.17) is 0 Å². The molecule has 1 radical (unpaired) electrons. The van der Waals surface area contributed by atoms with E-state index in [0.717, 1.165) is 0 Å². The van der Waals surface area contributed by atoms with E-state index in [1.165, 1.54) is 0 Å². The highest BCUT2D eigenvalue weighted by atomic mass is 15.1. The van der Waals surface area contributed by atoms with Gasteiger partial charge in [-0.05, 0) is 0 Å². The highest BCUT2D eigenvalue weighted by Crippen LogP contribution is 2.10. The maximum atomic E-state index is 4.06. The monoisotopic (exact) mass is 119 g/mol. The van der Waals surface area contributed by atoms with Crippen LogP contribution in [0.4, 0.5) is 0 Å². The molecular formula is C7H7N2. The molecule has 0 bridgehead atoms. The molecule has 0 saturated heterocycles. The largest absolute Gasteiger partial charge is 0.359 e. The number of allylic oxidation sites excluding steroid dienone is 2. The maximum Gasteiger partial charge on any atom is 0.165 e. The molecule has 0 spiro atoms. The number of nitrogens with one attached hydrogen (secondary N) is 1. The Labute approximate surface area is 54.0 Å². The van der Waals surface area contributed by atoms with Crippen molar-refractivity contribution in [1.29, 1.82) is 0 Å².